The van der Waals surface area contributed by atoms with Gasteiger partial charge in [0.05, 0.1) is 12.1 Å². The zero-order valence-electron chi connectivity index (χ0n) is 9.50. The molecule has 18 heavy (non-hydrogen) atoms. The second-order valence-corrected chi connectivity index (χ2v) is 4.88. The Labute approximate surface area is 108 Å². The fraction of sp³-hybridized carbons (Fsp3) is 0.250. The lowest BCUT2D eigenvalue weighted by Crippen LogP contribution is -2.32. The number of rotatable bonds is 2. The Bertz CT molecular complexity index is 556. The van der Waals surface area contributed by atoms with Crippen LogP contribution < -0.4 is 10.1 Å². The van der Waals surface area contributed by atoms with E-state index in [9.17, 15) is 4.79 Å². The van der Waals surface area contributed by atoms with Crippen LogP contribution in [0.5, 0.6) is 5.75 Å². The quantitative estimate of drug-likeness (QED) is 0.894. The average molecular weight is 261 g/mol. The standard InChI is InChI=1S/C12H11N3O2S/c16-12(14-11-6-13-15-18-11)9-5-8-3-1-2-4-10(8)17-7-9/h1-4,6,9H,5,7H2,(H,14,16)/t9-/m1/s1. The molecule has 5 nitrogen and oxygen atoms in total. The SMILES string of the molecule is O=C(Nc1cnns1)[C@H]1COc2ccccc2C1. The first-order chi connectivity index (χ1) is 8.83. The number of carbonyl (C=O) groups excluding carboxylic acids is 1. The van der Waals surface area contributed by atoms with Gasteiger partial charge in [0, 0.05) is 11.5 Å². The smallest absolute Gasteiger partial charge is 0.231 e. The van der Waals surface area contributed by atoms with Crippen molar-refractivity contribution in [2.75, 3.05) is 11.9 Å². The van der Waals surface area contributed by atoms with Gasteiger partial charge in [-0.25, -0.2) is 0 Å². The maximum atomic E-state index is 12.0. The second-order valence-electron chi connectivity index (χ2n) is 4.09. The molecule has 0 spiro atoms. The summed E-state index contributed by atoms with van der Waals surface area (Å²) in [5, 5.41) is 7.14. The summed E-state index contributed by atoms with van der Waals surface area (Å²) in [5.74, 6) is 0.665. The molecule has 92 valence electrons. The van der Waals surface area contributed by atoms with Gasteiger partial charge in [0.2, 0.25) is 5.91 Å². The second kappa shape index (κ2) is 4.73. The monoisotopic (exact) mass is 261 g/mol. The van der Waals surface area contributed by atoms with Gasteiger partial charge in [0.25, 0.3) is 0 Å². The fourth-order valence-electron chi connectivity index (χ4n) is 1.94. The summed E-state index contributed by atoms with van der Waals surface area (Å²) in [6, 6.07) is 7.80. The van der Waals surface area contributed by atoms with Crippen LogP contribution in [0.25, 0.3) is 0 Å². The summed E-state index contributed by atoms with van der Waals surface area (Å²) >= 11 is 1.17. The van der Waals surface area contributed by atoms with Crippen molar-refractivity contribution < 1.29 is 9.53 Å². The van der Waals surface area contributed by atoms with Crippen LogP contribution >= 0.6 is 11.5 Å². The number of aromatic nitrogens is 2. The van der Waals surface area contributed by atoms with E-state index in [1.807, 2.05) is 24.3 Å². The number of ether oxygens (including phenoxy) is 1. The molecule has 0 radical (unpaired) electrons. The molecule has 0 unspecified atom stereocenters. The maximum absolute atomic E-state index is 12.0. The zero-order valence-corrected chi connectivity index (χ0v) is 10.3. The van der Waals surface area contributed by atoms with Crippen LogP contribution in [0.15, 0.2) is 30.5 Å². The lowest BCUT2D eigenvalue weighted by Gasteiger charge is -2.24. The van der Waals surface area contributed by atoms with Gasteiger partial charge in [-0.2, -0.15) is 0 Å². The predicted octanol–water partition coefficient (Wildman–Crippen LogP) is 1.73. The molecular formula is C12H11N3O2S. The van der Waals surface area contributed by atoms with Crippen LogP contribution in [0.4, 0.5) is 5.00 Å². The van der Waals surface area contributed by atoms with E-state index in [2.05, 4.69) is 14.9 Å². The highest BCUT2D eigenvalue weighted by Crippen LogP contribution is 2.27. The molecule has 2 heterocycles. The largest absolute Gasteiger partial charge is 0.492 e. The molecule has 3 rings (SSSR count). The Morgan fingerprint density at radius 2 is 2.33 bits per heavy atom. The highest BCUT2D eigenvalue weighted by Gasteiger charge is 2.26. The third-order valence-electron chi connectivity index (χ3n) is 2.86. The van der Waals surface area contributed by atoms with Crippen molar-refractivity contribution in [2.24, 2.45) is 5.92 Å². The van der Waals surface area contributed by atoms with Crippen LogP contribution in [-0.2, 0) is 11.2 Å². The molecule has 0 saturated carbocycles. The molecule has 1 aromatic carbocycles. The van der Waals surface area contributed by atoms with E-state index in [0.717, 1.165) is 11.3 Å². The predicted molar refractivity (Wildman–Crippen MR) is 67.7 cm³/mol. The Balaban J connectivity index is 1.70. The number of benzene rings is 1. The maximum Gasteiger partial charge on any atom is 0.231 e. The highest BCUT2D eigenvalue weighted by atomic mass is 32.1. The molecule has 1 aliphatic heterocycles. The minimum atomic E-state index is -0.165. The molecule has 1 aromatic heterocycles. The highest BCUT2D eigenvalue weighted by molar-refractivity contribution is 7.10. The zero-order chi connectivity index (χ0) is 12.4. The first kappa shape index (κ1) is 11.2. The molecule has 6 heteroatoms. The topological polar surface area (TPSA) is 64.1 Å². The van der Waals surface area contributed by atoms with Crippen molar-refractivity contribution in [3.63, 3.8) is 0 Å². The number of para-hydroxylation sites is 1. The molecule has 2 aromatic rings. The Kier molecular flexibility index (Phi) is 2.93. The number of anilines is 1. The van der Waals surface area contributed by atoms with E-state index in [-0.39, 0.29) is 11.8 Å². The summed E-state index contributed by atoms with van der Waals surface area (Å²) < 4.78 is 9.29. The van der Waals surface area contributed by atoms with Crippen LogP contribution in [-0.4, -0.2) is 22.1 Å². The number of hydrogen-bond acceptors (Lipinski definition) is 5. The van der Waals surface area contributed by atoms with Gasteiger partial charge in [0.15, 0.2) is 0 Å². The Hall–Kier alpha value is -1.95. The number of amides is 1. The van der Waals surface area contributed by atoms with Crippen LogP contribution in [0, 0.1) is 5.92 Å². The normalized spacial score (nSPS) is 17.7. The lowest BCUT2D eigenvalue weighted by atomic mass is 9.96. The van der Waals surface area contributed by atoms with E-state index in [1.54, 1.807) is 6.20 Å². The van der Waals surface area contributed by atoms with Gasteiger partial charge in [-0.05, 0) is 18.1 Å². The summed E-state index contributed by atoms with van der Waals surface area (Å²) in [5.41, 5.74) is 1.08. The van der Waals surface area contributed by atoms with E-state index in [1.165, 1.54) is 11.5 Å². The number of fused-ring (bicyclic) bond motifs is 1. The summed E-state index contributed by atoms with van der Waals surface area (Å²) in [7, 11) is 0. The first-order valence-electron chi connectivity index (χ1n) is 5.62. The van der Waals surface area contributed by atoms with E-state index in [4.69, 9.17) is 4.74 Å². The molecule has 1 atom stereocenters. The molecule has 0 bridgehead atoms. The Morgan fingerprint density at radius 1 is 1.44 bits per heavy atom. The first-order valence-corrected chi connectivity index (χ1v) is 6.39. The molecule has 1 amide bonds. The van der Waals surface area contributed by atoms with E-state index in [0.29, 0.717) is 18.0 Å². The number of nitrogens with zero attached hydrogens (tertiary/aromatic N) is 2. The van der Waals surface area contributed by atoms with Gasteiger partial charge in [-0.1, -0.05) is 22.7 Å². The summed E-state index contributed by atoms with van der Waals surface area (Å²) in [6.45, 7) is 0.412. The van der Waals surface area contributed by atoms with Crippen molar-refractivity contribution in [3.8, 4) is 5.75 Å². The van der Waals surface area contributed by atoms with Gasteiger partial charge >= 0.3 is 0 Å². The summed E-state index contributed by atoms with van der Waals surface area (Å²) in [6.07, 6.45) is 2.24. The minimum Gasteiger partial charge on any atom is -0.492 e. The van der Waals surface area contributed by atoms with Gasteiger partial charge in [0.1, 0.15) is 17.4 Å². The number of hydrogen-bond donors (Lipinski definition) is 1. The van der Waals surface area contributed by atoms with Crippen molar-refractivity contribution >= 4 is 22.4 Å². The fourth-order valence-corrected chi connectivity index (χ4v) is 2.36. The van der Waals surface area contributed by atoms with Crippen LogP contribution in [0.1, 0.15) is 5.56 Å². The summed E-state index contributed by atoms with van der Waals surface area (Å²) in [4.78, 5) is 12.0. The molecule has 1 N–H and O–H groups in total. The van der Waals surface area contributed by atoms with Gasteiger partial charge in [-0.3, -0.25) is 4.79 Å². The third-order valence-corrected chi connectivity index (χ3v) is 3.44. The minimum absolute atomic E-state index is 0.0458. The van der Waals surface area contributed by atoms with E-state index >= 15 is 0 Å². The van der Waals surface area contributed by atoms with Crippen LogP contribution in [0.3, 0.4) is 0 Å². The number of nitrogens with one attached hydrogen (secondary N) is 1. The van der Waals surface area contributed by atoms with Crippen molar-refractivity contribution in [1.82, 2.24) is 9.59 Å². The van der Waals surface area contributed by atoms with Crippen molar-refractivity contribution in [2.45, 2.75) is 6.42 Å². The van der Waals surface area contributed by atoms with Crippen molar-refractivity contribution in [3.05, 3.63) is 36.0 Å². The molecular weight excluding hydrogens is 250 g/mol. The molecule has 1 aliphatic rings. The lowest BCUT2D eigenvalue weighted by molar-refractivity contribution is -0.121. The van der Waals surface area contributed by atoms with Gasteiger partial charge < -0.3 is 10.1 Å². The molecule has 0 aliphatic carbocycles. The van der Waals surface area contributed by atoms with Crippen LogP contribution in [0.2, 0.25) is 0 Å². The van der Waals surface area contributed by atoms with E-state index < -0.39 is 0 Å². The average Bonchev–Trinajstić information content (AvgIpc) is 2.91. The van der Waals surface area contributed by atoms with Crippen molar-refractivity contribution in [1.29, 1.82) is 0 Å². The van der Waals surface area contributed by atoms with Gasteiger partial charge in [-0.15, -0.1) is 5.10 Å². The molecule has 0 fully saturated rings. The number of carbonyl (C=O) groups is 1. The molecule has 0 saturated heterocycles. The Morgan fingerprint density at radius 3 is 3.17 bits per heavy atom. The third kappa shape index (κ3) is 2.19.